The van der Waals surface area contributed by atoms with E-state index in [-0.39, 0.29) is 5.82 Å². The third kappa shape index (κ3) is 3.07. The van der Waals surface area contributed by atoms with Gasteiger partial charge < -0.3 is 4.90 Å². The van der Waals surface area contributed by atoms with Crippen LogP contribution in [0.1, 0.15) is 18.1 Å². The Morgan fingerprint density at radius 2 is 1.95 bits per heavy atom. The maximum atomic E-state index is 13.4. The molecule has 0 heterocycles. The molecule has 0 aliphatic carbocycles. The van der Waals surface area contributed by atoms with Gasteiger partial charge in [-0.2, -0.15) is 0 Å². The summed E-state index contributed by atoms with van der Waals surface area (Å²) in [4.78, 5) is 2.07. The van der Waals surface area contributed by atoms with Crippen LogP contribution in [0.2, 0.25) is 0 Å². The zero-order valence-electron chi connectivity index (χ0n) is 11.2. The number of anilines is 2. The lowest BCUT2D eigenvalue weighted by Gasteiger charge is -2.26. The van der Waals surface area contributed by atoms with Crippen molar-refractivity contribution in [1.29, 1.82) is 0 Å². The number of rotatable bonds is 4. The SMILES string of the molecule is CCN(c1cccc(F)c1)c1ccc(C)cc1CCl. The largest absolute Gasteiger partial charge is 0.341 e. The van der Waals surface area contributed by atoms with E-state index in [1.54, 1.807) is 12.1 Å². The molecule has 19 heavy (non-hydrogen) atoms. The normalized spacial score (nSPS) is 10.5. The summed E-state index contributed by atoms with van der Waals surface area (Å²) in [6.45, 7) is 4.84. The van der Waals surface area contributed by atoms with Gasteiger partial charge in [0.15, 0.2) is 0 Å². The van der Waals surface area contributed by atoms with E-state index in [0.717, 1.165) is 23.5 Å². The first kappa shape index (κ1) is 13.9. The van der Waals surface area contributed by atoms with Gasteiger partial charge in [-0.3, -0.25) is 0 Å². The van der Waals surface area contributed by atoms with Gasteiger partial charge in [-0.25, -0.2) is 4.39 Å². The van der Waals surface area contributed by atoms with Crippen molar-refractivity contribution in [3.63, 3.8) is 0 Å². The minimum absolute atomic E-state index is 0.226. The van der Waals surface area contributed by atoms with Gasteiger partial charge in [0.05, 0.1) is 0 Å². The Balaban J connectivity index is 2.48. The van der Waals surface area contributed by atoms with Crippen LogP contribution in [0.5, 0.6) is 0 Å². The maximum Gasteiger partial charge on any atom is 0.125 e. The highest BCUT2D eigenvalue weighted by atomic mass is 35.5. The number of hydrogen-bond donors (Lipinski definition) is 0. The van der Waals surface area contributed by atoms with E-state index in [4.69, 9.17) is 11.6 Å². The van der Waals surface area contributed by atoms with E-state index < -0.39 is 0 Å². The van der Waals surface area contributed by atoms with Crippen molar-refractivity contribution in [3.8, 4) is 0 Å². The second kappa shape index (κ2) is 6.07. The standard InChI is InChI=1S/C16H17ClFN/c1-3-19(15-6-4-5-14(18)10-15)16-8-7-12(2)9-13(16)11-17/h4-10H,3,11H2,1-2H3. The minimum atomic E-state index is -0.226. The summed E-state index contributed by atoms with van der Waals surface area (Å²) in [7, 11) is 0. The van der Waals surface area contributed by atoms with E-state index in [2.05, 4.69) is 11.0 Å². The summed E-state index contributed by atoms with van der Waals surface area (Å²) in [5.74, 6) is 0.221. The van der Waals surface area contributed by atoms with Gasteiger partial charge in [0.1, 0.15) is 5.82 Å². The van der Waals surface area contributed by atoms with Crippen LogP contribution in [0.3, 0.4) is 0 Å². The van der Waals surface area contributed by atoms with Crippen molar-refractivity contribution in [2.75, 3.05) is 11.4 Å². The molecule has 0 aliphatic heterocycles. The molecule has 0 radical (unpaired) electrons. The van der Waals surface area contributed by atoms with Crippen LogP contribution in [0.4, 0.5) is 15.8 Å². The lowest BCUT2D eigenvalue weighted by molar-refractivity contribution is 0.627. The molecule has 0 atom stereocenters. The van der Waals surface area contributed by atoms with E-state index in [1.807, 2.05) is 32.0 Å². The van der Waals surface area contributed by atoms with Crippen molar-refractivity contribution < 1.29 is 4.39 Å². The summed E-state index contributed by atoms with van der Waals surface area (Å²) < 4.78 is 13.4. The van der Waals surface area contributed by atoms with Crippen LogP contribution in [0, 0.1) is 12.7 Å². The molecule has 3 heteroatoms. The van der Waals surface area contributed by atoms with Gasteiger partial charge in [-0.05, 0) is 43.7 Å². The Morgan fingerprint density at radius 1 is 1.16 bits per heavy atom. The fourth-order valence-corrected chi connectivity index (χ4v) is 2.43. The molecule has 0 fully saturated rings. The predicted octanol–water partition coefficient (Wildman–Crippen LogP) is 5.03. The maximum absolute atomic E-state index is 13.4. The quantitative estimate of drug-likeness (QED) is 0.709. The number of nitrogens with zero attached hydrogens (tertiary/aromatic N) is 1. The van der Waals surface area contributed by atoms with Gasteiger partial charge in [0, 0.05) is 23.8 Å². The fourth-order valence-electron chi connectivity index (χ4n) is 2.22. The third-order valence-electron chi connectivity index (χ3n) is 3.11. The highest BCUT2D eigenvalue weighted by Crippen LogP contribution is 2.30. The summed E-state index contributed by atoms with van der Waals surface area (Å²) in [6.07, 6.45) is 0. The van der Waals surface area contributed by atoms with E-state index in [0.29, 0.717) is 5.88 Å². The smallest absolute Gasteiger partial charge is 0.125 e. The number of benzene rings is 2. The van der Waals surface area contributed by atoms with Gasteiger partial charge in [0.2, 0.25) is 0 Å². The monoisotopic (exact) mass is 277 g/mol. The molecule has 2 aromatic carbocycles. The summed E-state index contributed by atoms with van der Waals surface area (Å²) in [5, 5.41) is 0. The Morgan fingerprint density at radius 3 is 2.58 bits per heavy atom. The first-order valence-electron chi connectivity index (χ1n) is 6.34. The Kier molecular flexibility index (Phi) is 4.43. The van der Waals surface area contributed by atoms with E-state index >= 15 is 0 Å². The Labute approximate surface area is 118 Å². The summed E-state index contributed by atoms with van der Waals surface area (Å²) in [5.41, 5.74) is 4.12. The molecular formula is C16H17ClFN. The molecule has 2 aromatic rings. The van der Waals surface area contributed by atoms with Crippen LogP contribution in [-0.4, -0.2) is 6.54 Å². The predicted molar refractivity (Wildman–Crippen MR) is 79.8 cm³/mol. The summed E-state index contributed by atoms with van der Waals surface area (Å²) >= 11 is 6.02. The minimum Gasteiger partial charge on any atom is -0.341 e. The topological polar surface area (TPSA) is 3.24 Å². The lowest BCUT2D eigenvalue weighted by Crippen LogP contribution is -2.17. The second-order valence-corrected chi connectivity index (χ2v) is 4.76. The van der Waals surface area contributed by atoms with Crippen LogP contribution in [0.15, 0.2) is 42.5 Å². The molecule has 1 nitrogen and oxygen atoms in total. The molecule has 0 bridgehead atoms. The highest BCUT2D eigenvalue weighted by molar-refractivity contribution is 6.17. The van der Waals surface area contributed by atoms with Crippen LogP contribution >= 0.6 is 11.6 Å². The molecule has 0 amide bonds. The van der Waals surface area contributed by atoms with Crippen molar-refractivity contribution in [3.05, 3.63) is 59.4 Å². The van der Waals surface area contributed by atoms with Crippen molar-refractivity contribution in [2.24, 2.45) is 0 Å². The van der Waals surface area contributed by atoms with Crippen molar-refractivity contribution >= 4 is 23.0 Å². The third-order valence-corrected chi connectivity index (χ3v) is 3.39. The van der Waals surface area contributed by atoms with Gasteiger partial charge >= 0.3 is 0 Å². The van der Waals surface area contributed by atoms with Crippen molar-refractivity contribution in [2.45, 2.75) is 19.7 Å². The van der Waals surface area contributed by atoms with Gasteiger partial charge in [-0.15, -0.1) is 11.6 Å². The molecule has 0 aromatic heterocycles. The first-order chi connectivity index (χ1) is 9.15. The highest BCUT2D eigenvalue weighted by Gasteiger charge is 2.12. The fraction of sp³-hybridized carbons (Fsp3) is 0.250. The van der Waals surface area contributed by atoms with E-state index in [9.17, 15) is 4.39 Å². The van der Waals surface area contributed by atoms with Crippen LogP contribution in [0.25, 0.3) is 0 Å². The average Bonchev–Trinajstić information content (AvgIpc) is 2.41. The molecule has 0 saturated carbocycles. The molecule has 2 rings (SSSR count). The zero-order chi connectivity index (χ0) is 13.8. The molecule has 0 N–H and O–H groups in total. The average molecular weight is 278 g/mol. The molecule has 0 aliphatic rings. The number of alkyl halides is 1. The van der Waals surface area contributed by atoms with Crippen molar-refractivity contribution in [1.82, 2.24) is 0 Å². The Hall–Kier alpha value is -1.54. The summed E-state index contributed by atoms with van der Waals surface area (Å²) in [6, 6.07) is 12.8. The van der Waals surface area contributed by atoms with Gasteiger partial charge in [0.25, 0.3) is 0 Å². The second-order valence-electron chi connectivity index (χ2n) is 4.49. The number of halogens is 2. The molecular weight excluding hydrogens is 261 g/mol. The molecule has 0 saturated heterocycles. The molecule has 0 unspecified atom stereocenters. The number of aryl methyl sites for hydroxylation is 1. The van der Waals surface area contributed by atoms with Crippen LogP contribution in [-0.2, 0) is 5.88 Å². The zero-order valence-corrected chi connectivity index (χ0v) is 11.9. The number of hydrogen-bond acceptors (Lipinski definition) is 1. The first-order valence-corrected chi connectivity index (χ1v) is 6.87. The molecule has 100 valence electrons. The van der Waals surface area contributed by atoms with Crippen LogP contribution < -0.4 is 4.90 Å². The Bertz CT molecular complexity index is 568. The molecule has 0 spiro atoms. The lowest BCUT2D eigenvalue weighted by atomic mass is 10.1. The van der Waals surface area contributed by atoms with Gasteiger partial charge in [-0.1, -0.05) is 23.8 Å². The van der Waals surface area contributed by atoms with E-state index in [1.165, 1.54) is 11.6 Å².